The van der Waals surface area contributed by atoms with Crippen LogP contribution in [0.25, 0.3) is 0 Å². The van der Waals surface area contributed by atoms with E-state index in [1.807, 2.05) is 12.1 Å². The molecule has 3 N–H and O–H groups in total. The number of halogens is 1. The fourth-order valence-corrected chi connectivity index (χ4v) is 2.00. The fourth-order valence-electron chi connectivity index (χ4n) is 0.895. The normalized spacial score (nSPS) is 13.2. The monoisotopic (exact) mass is 206 g/mol. The summed E-state index contributed by atoms with van der Waals surface area (Å²) in [5, 5.41) is 0. The molecule has 0 aliphatic rings. The molecule has 1 aromatic rings. The third-order valence-electron chi connectivity index (χ3n) is 1.47. The highest BCUT2D eigenvalue weighted by atomic mass is 35.5. The Morgan fingerprint density at radius 2 is 2.50 bits per heavy atom. The number of hydrogen-bond acceptors (Lipinski definition) is 4. The van der Waals surface area contributed by atoms with Gasteiger partial charge in [0.15, 0.2) is 0 Å². The zero-order chi connectivity index (χ0) is 8.97. The zero-order valence-electron chi connectivity index (χ0n) is 6.71. The van der Waals surface area contributed by atoms with Crippen LogP contribution in [0.4, 0.5) is 0 Å². The van der Waals surface area contributed by atoms with E-state index in [0.29, 0.717) is 6.61 Å². The molecule has 1 rings (SSSR count). The molecule has 0 radical (unpaired) electrons. The van der Waals surface area contributed by atoms with E-state index in [4.69, 9.17) is 22.2 Å². The molecule has 0 aromatic carbocycles. The minimum Gasteiger partial charge on any atom is -0.383 e. The highest BCUT2D eigenvalue weighted by Crippen LogP contribution is 2.26. The van der Waals surface area contributed by atoms with E-state index in [1.165, 1.54) is 11.3 Å². The molecule has 12 heavy (non-hydrogen) atoms. The second-order valence-electron chi connectivity index (χ2n) is 2.32. The number of hydrazine groups is 1. The Morgan fingerprint density at radius 1 is 1.75 bits per heavy atom. The molecule has 68 valence electrons. The van der Waals surface area contributed by atoms with E-state index in [1.54, 1.807) is 7.11 Å². The van der Waals surface area contributed by atoms with Crippen molar-refractivity contribution < 1.29 is 4.74 Å². The molecule has 0 saturated heterocycles. The summed E-state index contributed by atoms with van der Waals surface area (Å²) < 4.78 is 5.74. The Balaban J connectivity index is 2.66. The van der Waals surface area contributed by atoms with Crippen LogP contribution < -0.4 is 11.3 Å². The molecule has 1 heterocycles. The summed E-state index contributed by atoms with van der Waals surface area (Å²) >= 11 is 7.27. The van der Waals surface area contributed by atoms with Crippen molar-refractivity contribution in [3.63, 3.8) is 0 Å². The highest BCUT2D eigenvalue weighted by molar-refractivity contribution is 7.16. The first kappa shape index (κ1) is 9.95. The van der Waals surface area contributed by atoms with Gasteiger partial charge in [-0.25, -0.2) is 5.43 Å². The average Bonchev–Trinajstić information content (AvgIpc) is 2.47. The Bertz CT molecular complexity index is 241. The minimum absolute atomic E-state index is 0.0347. The highest BCUT2D eigenvalue weighted by Gasteiger charge is 2.10. The predicted octanol–water partition coefficient (Wildman–Crippen LogP) is 1.55. The lowest BCUT2D eigenvalue weighted by Gasteiger charge is -2.11. The largest absolute Gasteiger partial charge is 0.383 e. The van der Waals surface area contributed by atoms with Crippen LogP contribution in [0.5, 0.6) is 0 Å². The van der Waals surface area contributed by atoms with E-state index in [-0.39, 0.29) is 6.04 Å². The van der Waals surface area contributed by atoms with E-state index < -0.39 is 0 Å². The molecule has 1 atom stereocenters. The lowest BCUT2D eigenvalue weighted by atomic mass is 10.3. The lowest BCUT2D eigenvalue weighted by molar-refractivity contribution is 0.168. The van der Waals surface area contributed by atoms with Crippen LogP contribution in [0.3, 0.4) is 0 Å². The number of thiophene rings is 1. The Hall–Kier alpha value is -0.130. The number of hydrogen-bond donors (Lipinski definition) is 2. The maximum atomic E-state index is 5.77. The summed E-state index contributed by atoms with van der Waals surface area (Å²) in [6.07, 6.45) is 0. The molecule has 5 heteroatoms. The van der Waals surface area contributed by atoms with Gasteiger partial charge in [-0.2, -0.15) is 0 Å². The van der Waals surface area contributed by atoms with Gasteiger partial charge in [-0.1, -0.05) is 11.6 Å². The van der Waals surface area contributed by atoms with Gasteiger partial charge in [-0.05, 0) is 12.1 Å². The summed E-state index contributed by atoms with van der Waals surface area (Å²) in [6, 6.07) is 3.82. The van der Waals surface area contributed by atoms with Crippen LogP contribution in [0, 0.1) is 0 Å². The number of nitrogens with one attached hydrogen (secondary N) is 1. The smallest absolute Gasteiger partial charge is 0.0931 e. The maximum absolute atomic E-state index is 5.77. The number of ether oxygens (including phenoxy) is 1. The molecule has 1 unspecified atom stereocenters. The van der Waals surface area contributed by atoms with Crippen molar-refractivity contribution in [2.45, 2.75) is 6.04 Å². The first-order chi connectivity index (χ1) is 5.77. The van der Waals surface area contributed by atoms with E-state index in [9.17, 15) is 0 Å². The van der Waals surface area contributed by atoms with E-state index in [2.05, 4.69) is 5.43 Å². The molecule has 0 bridgehead atoms. The Labute approximate surface area is 80.4 Å². The Morgan fingerprint density at radius 3 is 2.92 bits per heavy atom. The van der Waals surface area contributed by atoms with Gasteiger partial charge >= 0.3 is 0 Å². The second-order valence-corrected chi connectivity index (χ2v) is 4.06. The summed E-state index contributed by atoms with van der Waals surface area (Å²) in [5.74, 6) is 5.33. The van der Waals surface area contributed by atoms with Gasteiger partial charge in [0.2, 0.25) is 0 Å². The van der Waals surface area contributed by atoms with Crippen molar-refractivity contribution in [3.8, 4) is 0 Å². The van der Waals surface area contributed by atoms with Crippen molar-refractivity contribution in [1.29, 1.82) is 0 Å². The van der Waals surface area contributed by atoms with E-state index >= 15 is 0 Å². The molecular formula is C7H11ClN2OS. The first-order valence-electron chi connectivity index (χ1n) is 3.48. The number of rotatable bonds is 4. The number of nitrogens with two attached hydrogens (primary N) is 1. The molecule has 0 amide bonds. The molecule has 0 aliphatic carbocycles. The summed E-state index contributed by atoms with van der Waals surface area (Å²) in [7, 11) is 1.64. The van der Waals surface area contributed by atoms with Crippen LogP contribution >= 0.6 is 22.9 Å². The van der Waals surface area contributed by atoms with Crippen LogP contribution in [-0.4, -0.2) is 13.7 Å². The van der Waals surface area contributed by atoms with Crippen LogP contribution in [0.15, 0.2) is 12.1 Å². The summed E-state index contributed by atoms with van der Waals surface area (Å²) in [6.45, 7) is 0.549. The molecular weight excluding hydrogens is 196 g/mol. The SMILES string of the molecule is COCC(NN)c1ccc(Cl)s1. The minimum atomic E-state index is 0.0347. The average molecular weight is 207 g/mol. The quantitative estimate of drug-likeness (QED) is 0.581. The second kappa shape index (κ2) is 4.79. The number of methoxy groups -OCH3 is 1. The van der Waals surface area contributed by atoms with Crippen molar-refractivity contribution in [3.05, 3.63) is 21.3 Å². The van der Waals surface area contributed by atoms with Gasteiger partial charge in [0.1, 0.15) is 0 Å². The van der Waals surface area contributed by atoms with Gasteiger partial charge in [0.25, 0.3) is 0 Å². The van der Waals surface area contributed by atoms with Gasteiger partial charge < -0.3 is 4.74 Å². The van der Waals surface area contributed by atoms with Crippen LogP contribution in [0.2, 0.25) is 4.34 Å². The van der Waals surface area contributed by atoms with Crippen molar-refractivity contribution >= 4 is 22.9 Å². The molecule has 0 spiro atoms. The van der Waals surface area contributed by atoms with Crippen molar-refractivity contribution in [2.75, 3.05) is 13.7 Å². The summed E-state index contributed by atoms with van der Waals surface area (Å²) in [4.78, 5) is 1.09. The van der Waals surface area contributed by atoms with Crippen LogP contribution in [-0.2, 0) is 4.74 Å². The predicted molar refractivity (Wildman–Crippen MR) is 51.3 cm³/mol. The standard InChI is InChI=1S/C7H11ClN2OS/c1-11-4-5(10-9)6-2-3-7(8)12-6/h2-3,5,10H,4,9H2,1H3. The van der Waals surface area contributed by atoms with E-state index in [0.717, 1.165) is 9.21 Å². The molecule has 3 nitrogen and oxygen atoms in total. The van der Waals surface area contributed by atoms with Crippen LogP contribution in [0.1, 0.15) is 10.9 Å². The van der Waals surface area contributed by atoms with Crippen molar-refractivity contribution in [1.82, 2.24) is 5.43 Å². The van der Waals surface area contributed by atoms with Crippen molar-refractivity contribution in [2.24, 2.45) is 5.84 Å². The fraction of sp³-hybridized carbons (Fsp3) is 0.429. The van der Waals surface area contributed by atoms with Gasteiger partial charge in [-0.3, -0.25) is 5.84 Å². The van der Waals surface area contributed by atoms with Gasteiger partial charge in [0, 0.05) is 12.0 Å². The topological polar surface area (TPSA) is 47.3 Å². The molecule has 0 fully saturated rings. The first-order valence-corrected chi connectivity index (χ1v) is 4.67. The third-order valence-corrected chi connectivity index (χ3v) is 2.82. The Kier molecular flexibility index (Phi) is 3.97. The maximum Gasteiger partial charge on any atom is 0.0931 e. The van der Waals surface area contributed by atoms with Gasteiger partial charge in [-0.15, -0.1) is 11.3 Å². The third kappa shape index (κ3) is 2.43. The van der Waals surface area contributed by atoms with Gasteiger partial charge in [0.05, 0.1) is 17.0 Å². The molecule has 1 aromatic heterocycles. The summed E-state index contributed by atoms with van der Waals surface area (Å²) in [5.41, 5.74) is 2.66. The molecule has 0 saturated carbocycles. The molecule has 0 aliphatic heterocycles. The zero-order valence-corrected chi connectivity index (χ0v) is 8.28. The lowest BCUT2D eigenvalue weighted by Crippen LogP contribution is -2.30.